The molecule has 2 rings (SSSR count). The number of rotatable bonds is 4. The fourth-order valence-electron chi connectivity index (χ4n) is 1.62. The van der Waals surface area contributed by atoms with Crippen molar-refractivity contribution in [3.05, 3.63) is 46.5 Å². The Morgan fingerprint density at radius 2 is 2.06 bits per heavy atom. The predicted molar refractivity (Wildman–Crippen MR) is 66.5 cm³/mol. The normalized spacial score (nSPS) is 10.6. The summed E-state index contributed by atoms with van der Waals surface area (Å²) in [5, 5.41) is 0.624. The van der Waals surface area contributed by atoms with E-state index in [0.29, 0.717) is 11.7 Å². The Balaban J connectivity index is 2.20. The van der Waals surface area contributed by atoms with Crippen molar-refractivity contribution in [2.75, 3.05) is 12.8 Å². The van der Waals surface area contributed by atoms with E-state index < -0.39 is 0 Å². The number of thiazole rings is 1. The minimum Gasteiger partial charge on any atom is -0.380 e. The van der Waals surface area contributed by atoms with Gasteiger partial charge in [-0.15, -0.1) is 11.3 Å². The highest BCUT2D eigenvalue weighted by Crippen LogP contribution is 2.20. The summed E-state index contributed by atoms with van der Waals surface area (Å²) in [6.07, 6.45) is 2.71. The number of aromatic nitrogens is 1. The molecule has 0 bridgehead atoms. The van der Waals surface area contributed by atoms with E-state index in [0.717, 1.165) is 6.42 Å². The summed E-state index contributed by atoms with van der Waals surface area (Å²) in [4.78, 5) is 5.24. The Bertz CT molecular complexity index is 468. The van der Waals surface area contributed by atoms with Crippen LogP contribution in [-0.4, -0.2) is 12.1 Å². The Morgan fingerprint density at radius 1 is 1.31 bits per heavy atom. The van der Waals surface area contributed by atoms with E-state index in [1.165, 1.54) is 27.3 Å². The number of nitrogens with zero attached hydrogens (tertiary/aromatic N) is 1. The average molecular weight is 234 g/mol. The molecule has 16 heavy (non-hydrogen) atoms. The summed E-state index contributed by atoms with van der Waals surface area (Å²) in [5.41, 5.74) is 8.10. The van der Waals surface area contributed by atoms with E-state index in [2.05, 4.69) is 17.1 Å². The summed E-state index contributed by atoms with van der Waals surface area (Å²) >= 11 is 1.54. The van der Waals surface area contributed by atoms with E-state index in [1.807, 2.05) is 18.3 Å². The van der Waals surface area contributed by atoms with Gasteiger partial charge in [0.1, 0.15) is 0 Å². The van der Waals surface area contributed by atoms with Crippen LogP contribution in [0.1, 0.15) is 16.0 Å². The topological polar surface area (TPSA) is 48.1 Å². The number of benzene rings is 1. The number of anilines is 1. The summed E-state index contributed by atoms with van der Waals surface area (Å²) in [6.45, 7) is 0.643. The molecule has 4 heteroatoms. The van der Waals surface area contributed by atoms with Crippen molar-refractivity contribution in [1.82, 2.24) is 4.98 Å². The van der Waals surface area contributed by atoms with Crippen LogP contribution >= 0.6 is 11.3 Å². The summed E-state index contributed by atoms with van der Waals surface area (Å²) in [7, 11) is 1.71. The molecule has 0 fully saturated rings. The molecule has 2 aromatic rings. The standard InChI is InChI=1S/C12H14N2OS/c1-15-8-10-5-3-2-4-9(10)6-11-7-14-12(13)16-11/h2-5,7H,6,8H2,1H3,(H2,13,14). The highest BCUT2D eigenvalue weighted by molar-refractivity contribution is 7.15. The minimum absolute atomic E-state index is 0.624. The number of hydrogen-bond acceptors (Lipinski definition) is 4. The number of hydrogen-bond donors (Lipinski definition) is 1. The van der Waals surface area contributed by atoms with Crippen molar-refractivity contribution in [3.8, 4) is 0 Å². The lowest BCUT2D eigenvalue weighted by Gasteiger charge is -2.06. The van der Waals surface area contributed by atoms with Crippen LogP contribution in [-0.2, 0) is 17.8 Å². The molecule has 1 aromatic heterocycles. The van der Waals surface area contributed by atoms with Crippen LogP contribution < -0.4 is 5.73 Å². The van der Waals surface area contributed by atoms with E-state index in [9.17, 15) is 0 Å². The molecule has 0 saturated carbocycles. The van der Waals surface area contributed by atoms with Crippen LogP contribution in [0.3, 0.4) is 0 Å². The zero-order chi connectivity index (χ0) is 11.4. The molecule has 1 aromatic carbocycles. The highest BCUT2D eigenvalue weighted by Gasteiger charge is 2.05. The monoisotopic (exact) mass is 234 g/mol. The van der Waals surface area contributed by atoms with Gasteiger partial charge in [-0.1, -0.05) is 24.3 Å². The fraction of sp³-hybridized carbons (Fsp3) is 0.250. The molecule has 0 spiro atoms. The van der Waals surface area contributed by atoms with Gasteiger partial charge in [-0.05, 0) is 11.1 Å². The summed E-state index contributed by atoms with van der Waals surface area (Å²) in [5.74, 6) is 0. The third kappa shape index (κ3) is 2.59. The molecule has 3 nitrogen and oxygen atoms in total. The molecule has 0 saturated heterocycles. The zero-order valence-corrected chi connectivity index (χ0v) is 9.96. The molecular weight excluding hydrogens is 220 g/mol. The van der Waals surface area contributed by atoms with E-state index in [1.54, 1.807) is 7.11 Å². The lowest BCUT2D eigenvalue weighted by atomic mass is 10.0. The van der Waals surface area contributed by atoms with Gasteiger partial charge in [0.05, 0.1) is 6.61 Å². The highest BCUT2D eigenvalue weighted by atomic mass is 32.1. The van der Waals surface area contributed by atoms with Crippen molar-refractivity contribution in [3.63, 3.8) is 0 Å². The SMILES string of the molecule is COCc1ccccc1Cc1cnc(N)s1. The van der Waals surface area contributed by atoms with Gasteiger partial charge in [-0.3, -0.25) is 0 Å². The first-order valence-electron chi connectivity index (χ1n) is 5.05. The van der Waals surface area contributed by atoms with Crippen molar-refractivity contribution in [2.45, 2.75) is 13.0 Å². The maximum Gasteiger partial charge on any atom is 0.180 e. The van der Waals surface area contributed by atoms with E-state index >= 15 is 0 Å². The largest absolute Gasteiger partial charge is 0.380 e. The minimum atomic E-state index is 0.624. The zero-order valence-electron chi connectivity index (χ0n) is 9.14. The van der Waals surface area contributed by atoms with Gasteiger partial charge in [-0.25, -0.2) is 4.98 Å². The quantitative estimate of drug-likeness (QED) is 0.884. The molecule has 1 heterocycles. The lowest BCUT2D eigenvalue weighted by Crippen LogP contribution is -1.95. The molecular formula is C12H14N2OS. The summed E-state index contributed by atoms with van der Waals surface area (Å²) < 4.78 is 5.17. The smallest absolute Gasteiger partial charge is 0.180 e. The molecule has 0 radical (unpaired) electrons. The second-order valence-corrected chi connectivity index (χ2v) is 4.69. The second-order valence-electron chi connectivity index (χ2n) is 3.54. The third-order valence-electron chi connectivity index (χ3n) is 2.35. The third-order valence-corrected chi connectivity index (χ3v) is 3.18. The Hall–Kier alpha value is -1.39. The Morgan fingerprint density at radius 3 is 2.69 bits per heavy atom. The first-order chi connectivity index (χ1) is 7.79. The van der Waals surface area contributed by atoms with Crippen molar-refractivity contribution in [1.29, 1.82) is 0 Å². The van der Waals surface area contributed by atoms with Gasteiger partial charge >= 0.3 is 0 Å². The van der Waals surface area contributed by atoms with Crippen molar-refractivity contribution >= 4 is 16.5 Å². The van der Waals surface area contributed by atoms with Crippen LogP contribution in [0.2, 0.25) is 0 Å². The van der Waals surface area contributed by atoms with Crippen LogP contribution in [0.4, 0.5) is 5.13 Å². The van der Waals surface area contributed by atoms with Crippen molar-refractivity contribution < 1.29 is 4.74 Å². The lowest BCUT2D eigenvalue weighted by molar-refractivity contribution is 0.184. The maximum absolute atomic E-state index is 5.61. The number of nitrogens with two attached hydrogens (primary N) is 1. The number of ether oxygens (including phenoxy) is 1. The van der Waals surface area contributed by atoms with Crippen molar-refractivity contribution in [2.24, 2.45) is 0 Å². The van der Waals surface area contributed by atoms with Gasteiger partial charge in [-0.2, -0.15) is 0 Å². The van der Waals surface area contributed by atoms with E-state index in [4.69, 9.17) is 10.5 Å². The maximum atomic E-state index is 5.61. The van der Waals surface area contributed by atoms with E-state index in [-0.39, 0.29) is 0 Å². The van der Waals surface area contributed by atoms with Crippen LogP contribution in [0.25, 0.3) is 0 Å². The molecule has 0 aliphatic heterocycles. The number of methoxy groups -OCH3 is 1. The van der Waals surface area contributed by atoms with Gasteiger partial charge in [0.2, 0.25) is 0 Å². The van der Waals surface area contributed by atoms with Gasteiger partial charge in [0.25, 0.3) is 0 Å². The van der Waals surface area contributed by atoms with Crippen LogP contribution in [0.15, 0.2) is 30.5 Å². The molecule has 2 N–H and O–H groups in total. The van der Waals surface area contributed by atoms with Crippen LogP contribution in [0.5, 0.6) is 0 Å². The number of nitrogen functional groups attached to an aromatic ring is 1. The van der Waals surface area contributed by atoms with Gasteiger partial charge in [0.15, 0.2) is 5.13 Å². The summed E-state index contributed by atoms with van der Waals surface area (Å²) in [6, 6.07) is 8.27. The predicted octanol–water partition coefficient (Wildman–Crippen LogP) is 2.46. The average Bonchev–Trinajstić information content (AvgIpc) is 2.67. The Labute approximate surface area is 98.9 Å². The molecule has 0 amide bonds. The molecule has 0 aliphatic carbocycles. The Kier molecular flexibility index (Phi) is 3.54. The van der Waals surface area contributed by atoms with Gasteiger partial charge < -0.3 is 10.5 Å². The molecule has 84 valence electrons. The first kappa shape index (κ1) is 11.1. The fourth-order valence-corrected chi connectivity index (χ4v) is 2.33. The van der Waals surface area contributed by atoms with Crippen LogP contribution in [0, 0.1) is 0 Å². The second kappa shape index (κ2) is 5.09. The molecule has 0 aliphatic rings. The molecule has 0 unspecified atom stereocenters. The van der Waals surface area contributed by atoms with Gasteiger partial charge in [0, 0.05) is 24.6 Å². The first-order valence-corrected chi connectivity index (χ1v) is 5.87. The molecule has 0 atom stereocenters.